The summed E-state index contributed by atoms with van der Waals surface area (Å²) in [6, 6.07) is 23.9. The second-order valence-electron chi connectivity index (χ2n) is 7.36. The zero-order valence-corrected chi connectivity index (χ0v) is 18.5. The lowest BCUT2D eigenvalue weighted by Gasteiger charge is -2.27. The summed E-state index contributed by atoms with van der Waals surface area (Å²) >= 11 is 1.63. The molecule has 1 heterocycles. The van der Waals surface area contributed by atoms with Gasteiger partial charge in [-0.05, 0) is 29.0 Å². The molecule has 0 saturated heterocycles. The van der Waals surface area contributed by atoms with Crippen LogP contribution < -0.4 is 0 Å². The van der Waals surface area contributed by atoms with E-state index >= 15 is 0 Å². The van der Waals surface area contributed by atoms with Gasteiger partial charge < -0.3 is 9.80 Å². The minimum Gasteiger partial charge on any atom is -0.332 e. The second kappa shape index (κ2) is 11.9. The first-order valence-electron chi connectivity index (χ1n) is 10.4. The van der Waals surface area contributed by atoms with Crippen molar-refractivity contribution in [1.29, 1.82) is 0 Å². The topological polar surface area (TPSA) is 40.6 Å². The van der Waals surface area contributed by atoms with Crippen LogP contribution in [0.4, 0.5) is 0 Å². The fourth-order valence-corrected chi connectivity index (χ4v) is 4.07. The Morgan fingerprint density at radius 1 is 0.806 bits per heavy atom. The maximum atomic E-state index is 13.2. The van der Waals surface area contributed by atoms with Crippen LogP contribution in [0.1, 0.15) is 22.4 Å². The molecule has 0 aliphatic rings. The molecule has 5 heteroatoms. The zero-order valence-electron chi connectivity index (χ0n) is 17.7. The van der Waals surface area contributed by atoms with Crippen molar-refractivity contribution in [3.8, 4) is 0 Å². The monoisotopic (exact) mass is 432 g/mol. The molecular formula is C26H28N2O2S. The van der Waals surface area contributed by atoms with Crippen LogP contribution in [-0.4, -0.2) is 34.7 Å². The lowest BCUT2D eigenvalue weighted by atomic mass is 10.1. The lowest BCUT2D eigenvalue weighted by molar-refractivity contribution is -0.140. The highest BCUT2D eigenvalue weighted by molar-refractivity contribution is 7.09. The van der Waals surface area contributed by atoms with E-state index in [0.717, 1.165) is 16.0 Å². The third-order valence-electron chi connectivity index (χ3n) is 4.99. The highest BCUT2D eigenvalue weighted by Gasteiger charge is 2.21. The molecule has 3 aromatic rings. The number of nitrogens with zero attached hydrogens (tertiary/aromatic N) is 2. The van der Waals surface area contributed by atoms with Gasteiger partial charge in [0.15, 0.2) is 0 Å². The first-order valence-corrected chi connectivity index (χ1v) is 11.3. The van der Waals surface area contributed by atoms with E-state index in [1.807, 2.05) is 83.1 Å². The van der Waals surface area contributed by atoms with Gasteiger partial charge in [-0.25, -0.2) is 0 Å². The highest BCUT2D eigenvalue weighted by atomic mass is 32.1. The Hall–Kier alpha value is -3.18. The van der Waals surface area contributed by atoms with Crippen molar-refractivity contribution in [2.24, 2.45) is 0 Å². The molecule has 0 unspecified atom stereocenters. The molecule has 0 aliphatic heterocycles. The third-order valence-corrected chi connectivity index (χ3v) is 5.86. The molecule has 4 nitrogen and oxygen atoms in total. The molecule has 2 aromatic carbocycles. The van der Waals surface area contributed by atoms with Gasteiger partial charge in [0.2, 0.25) is 11.8 Å². The van der Waals surface area contributed by atoms with Gasteiger partial charge in [-0.1, -0.05) is 72.8 Å². The predicted octanol–water partition coefficient (Wildman–Crippen LogP) is 4.92. The van der Waals surface area contributed by atoms with E-state index in [9.17, 15) is 9.59 Å². The summed E-state index contributed by atoms with van der Waals surface area (Å²) in [5.74, 6) is -0.0972. The second-order valence-corrected chi connectivity index (χ2v) is 8.40. The number of thiophene rings is 1. The molecule has 3 rings (SSSR count). The van der Waals surface area contributed by atoms with E-state index in [4.69, 9.17) is 0 Å². The van der Waals surface area contributed by atoms with Gasteiger partial charge in [-0.2, -0.15) is 0 Å². The average molecular weight is 433 g/mol. The van der Waals surface area contributed by atoms with Crippen molar-refractivity contribution in [2.45, 2.75) is 25.9 Å². The van der Waals surface area contributed by atoms with Crippen LogP contribution in [0.2, 0.25) is 0 Å². The molecule has 0 radical (unpaired) electrons. The van der Waals surface area contributed by atoms with Gasteiger partial charge in [-0.3, -0.25) is 9.59 Å². The van der Waals surface area contributed by atoms with E-state index < -0.39 is 0 Å². The van der Waals surface area contributed by atoms with Crippen molar-refractivity contribution in [2.75, 3.05) is 13.1 Å². The summed E-state index contributed by atoms with van der Waals surface area (Å²) in [4.78, 5) is 30.6. The van der Waals surface area contributed by atoms with E-state index in [0.29, 0.717) is 32.5 Å². The van der Waals surface area contributed by atoms with Crippen molar-refractivity contribution in [3.05, 3.63) is 107 Å². The van der Waals surface area contributed by atoms with E-state index in [1.165, 1.54) is 0 Å². The molecule has 0 fully saturated rings. The summed E-state index contributed by atoms with van der Waals surface area (Å²) in [6.07, 6.45) is 2.70. The average Bonchev–Trinajstić information content (AvgIpc) is 3.31. The fraction of sp³-hybridized carbons (Fsp3) is 0.231. The van der Waals surface area contributed by atoms with Crippen LogP contribution in [0.15, 0.2) is 90.8 Å². The van der Waals surface area contributed by atoms with Crippen LogP contribution in [0, 0.1) is 0 Å². The molecule has 0 aliphatic carbocycles. The molecule has 0 N–H and O–H groups in total. The number of amides is 2. The number of benzene rings is 2. The van der Waals surface area contributed by atoms with E-state index in [2.05, 4.69) is 6.58 Å². The number of hydrogen-bond donors (Lipinski definition) is 0. The summed E-state index contributed by atoms with van der Waals surface area (Å²) in [5.41, 5.74) is 2.18. The maximum Gasteiger partial charge on any atom is 0.242 e. The Labute approximate surface area is 188 Å². The fourth-order valence-electron chi connectivity index (χ4n) is 3.35. The van der Waals surface area contributed by atoms with Gasteiger partial charge >= 0.3 is 0 Å². The summed E-state index contributed by atoms with van der Waals surface area (Å²) in [7, 11) is 0. The predicted molar refractivity (Wildman–Crippen MR) is 127 cm³/mol. The van der Waals surface area contributed by atoms with Crippen molar-refractivity contribution >= 4 is 23.2 Å². The molecule has 0 atom stereocenters. The molecule has 31 heavy (non-hydrogen) atoms. The number of rotatable bonds is 11. The number of carbonyl (C=O) groups excluding carboxylic acids is 2. The molecule has 0 saturated carbocycles. The third kappa shape index (κ3) is 7.23. The largest absolute Gasteiger partial charge is 0.332 e. The quantitative estimate of drug-likeness (QED) is 0.403. The Morgan fingerprint density at radius 2 is 1.48 bits per heavy atom. The summed E-state index contributed by atoms with van der Waals surface area (Å²) in [6.45, 7) is 5.22. The number of aryl methyl sites for hydroxylation is 1. The van der Waals surface area contributed by atoms with Crippen molar-refractivity contribution in [3.63, 3.8) is 0 Å². The maximum absolute atomic E-state index is 13.2. The van der Waals surface area contributed by atoms with Crippen LogP contribution in [0.25, 0.3) is 0 Å². The van der Waals surface area contributed by atoms with Gasteiger partial charge in [0.25, 0.3) is 0 Å². The molecular weight excluding hydrogens is 404 g/mol. The number of hydrogen-bond acceptors (Lipinski definition) is 3. The Morgan fingerprint density at radius 3 is 2.10 bits per heavy atom. The minimum atomic E-state index is -0.0628. The minimum absolute atomic E-state index is 0.0344. The smallest absolute Gasteiger partial charge is 0.242 e. The van der Waals surface area contributed by atoms with E-state index in [1.54, 1.807) is 22.3 Å². The summed E-state index contributed by atoms with van der Waals surface area (Å²) < 4.78 is 0. The Balaban J connectivity index is 1.67. The molecule has 1 aromatic heterocycles. The van der Waals surface area contributed by atoms with Crippen molar-refractivity contribution in [1.82, 2.24) is 9.80 Å². The van der Waals surface area contributed by atoms with E-state index in [-0.39, 0.29) is 18.4 Å². The van der Waals surface area contributed by atoms with Gasteiger partial charge in [-0.15, -0.1) is 17.9 Å². The molecule has 160 valence electrons. The normalized spacial score (nSPS) is 10.5. The lowest BCUT2D eigenvalue weighted by Crippen LogP contribution is -2.42. The molecule has 2 amide bonds. The van der Waals surface area contributed by atoms with Crippen molar-refractivity contribution < 1.29 is 9.59 Å². The van der Waals surface area contributed by atoms with Gasteiger partial charge in [0, 0.05) is 24.4 Å². The van der Waals surface area contributed by atoms with Gasteiger partial charge in [0.1, 0.15) is 6.54 Å². The highest BCUT2D eigenvalue weighted by Crippen LogP contribution is 2.15. The van der Waals surface area contributed by atoms with Crippen LogP contribution in [-0.2, 0) is 29.1 Å². The SMILES string of the molecule is C=CCN(CC(=O)N(Cc1ccccc1)Cc1cccs1)C(=O)CCc1ccccc1. The zero-order chi connectivity index (χ0) is 21.9. The molecule has 0 spiro atoms. The summed E-state index contributed by atoms with van der Waals surface area (Å²) in [5, 5.41) is 2.01. The first kappa shape index (κ1) is 22.5. The number of carbonyl (C=O) groups is 2. The van der Waals surface area contributed by atoms with Crippen LogP contribution in [0.5, 0.6) is 0 Å². The standard InChI is InChI=1S/C26H28N2O2S/c1-2-17-27(25(29)16-15-22-10-5-3-6-11-22)21-26(30)28(20-24-14-9-18-31-24)19-23-12-7-4-8-13-23/h2-14,18H,1,15-17,19-21H2. The Kier molecular flexibility index (Phi) is 8.61. The molecule has 0 bridgehead atoms. The van der Waals surface area contributed by atoms with Crippen LogP contribution in [0.3, 0.4) is 0 Å². The first-order chi connectivity index (χ1) is 15.2. The van der Waals surface area contributed by atoms with Gasteiger partial charge in [0.05, 0.1) is 6.54 Å². The Bertz CT molecular complexity index is 956. The van der Waals surface area contributed by atoms with Crippen LogP contribution >= 0.6 is 11.3 Å².